The highest BCUT2D eigenvalue weighted by atomic mass is 32.2. The first kappa shape index (κ1) is 21.6. The molecule has 3 heterocycles. The van der Waals surface area contributed by atoms with Gasteiger partial charge in [-0.05, 0) is 57.4 Å². The van der Waals surface area contributed by atoms with E-state index >= 15 is 0 Å². The molecule has 33 heavy (non-hydrogen) atoms. The SMILES string of the molecule is Cc1cc(C(=O)CSc2nnc(-c3cccnc3)n2C2CC2)c(C)n1C(C)c1ccccc1. The van der Waals surface area contributed by atoms with Gasteiger partial charge in [-0.1, -0.05) is 42.1 Å². The van der Waals surface area contributed by atoms with Gasteiger partial charge in [0.05, 0.1) is 11.8 Å². The largest absolute Gasteiger partial charge is 0.341 e. The first-order valence-corrected chi connectivity index (χ1v) is 12.3. The summed E-state index contributed by atoms with van der Waals surface area (Å²) in [6.07, 6.45) is 5.80. The third-order valence-corrected chi connectivity index (χ3v) is 7.23. The summed E-state index contributed by atoms with van der Waals surface area (Å²) < 4.78 is 4.43. The van der Waals surface area contributed by atoms with Gasteiger partial charge in [-0.2, -0.15) is 0 Å². The second-order valence-electron chi connectivity index (χ2n) is 8.60. The van der Waals surface area contributed by atoms with Crippen LogP contribution in [0.3, 0.4) is 0 Å². The van der Waals surface area contributed by atoms with Crippen molar-refractivity contribution in [3.05, 3.63) is 83.4 Å². The molecule has 0 bridgehead atoms. The number of benzene rings is 1. The minimum absolute atomic E-state index is 0.118. The van der Waals surface area contributed by atoms with Gasteiger partial charge in [0, 0.05) is 41.0 Å². The quantitative estimate of drug-likeness (QED) is 0.252. The Labute approximate surface area is 198 Å². The van der Waals surface area contributed by atoms with Gasteiger partial charge in [0.15, 0.2) is 16.8 Å². The molecule has 0 radical (unpaired) electrons. The van der Waals surface area contributed by atoms with E-state index in [-0.39, 0.29) is 11.8 Å². The lowest BCUT2D eigenvalue weighted by Crippen LogP contribution is -2.12. The Morgan fingerprint density at radius 3 is 2.61 bits per heavy atom. The number of pyridine rings is 1. The van der Waals surface area contributed by atoms with Crippen LogP contribution in [-0.4, -0.2) is 35.9 Å². The Hall–Kier alpha value is -3.19. The molecule has 168 valence electrons. The maximum Gasteiger partial charge on any atom is 0.192 e. The van der Waals surface area contributed by atoms with Gasteiger partial charge in [0.1, 0.15) is 0 Å². The molecule has 1 atom stereocenters. The summed E-state index contributed by atoms with van der Waals surface area (Å²) in [6.45, 7) is 6.29. The molecule has 7 heteroatoms. The standard InChI is InChI=1S/C26H27N5OS/c1-17-14-23(19(3)30(17)18(2)20-8-5-4-6-9-20)24(32)16-33-26-29-28-25(31(26)22-11-12-22)21-10-7-13-27-15-21/h4-10,13-15,18,22H,11-12,16H2,1-3H3. The van der Waals surface area contributed by atoms with E-state index in [2.05, 4.69) is 62.4 Å². The zero-order chi connectivity index (χ0) is 22.9. The van der Waals surface area contributed by atoms with Crippen molar-refractivity contribution in [1.82, 2.24) is 24.3 Å². The molecule has 3 aromatic heterocycles. The van der Waals surface area contributed by atoms with Crippen molar-refractivity contribution in [1.29, 1.82) is 0 Å². The molecule has 0 N–H and O–H groups in total. The van der Waals surface area contributed by atoms with Crippen LogP contribution in [0.15, 0.2) is 66.1 Å². The van der Waals surface area contributed by atoms with E-state index in [4.69, 9.17) is 0 Å². The van der Waals surface area contributed by atoms with Crippen LogP contribution < -0.4 is 0 Å². The number of carbonyl (C=O) groups is 1. The maximum absolute atomic E-state index is 13.2. The van der Waals surface area contributed by atoms with Gasteiger partial charge in [-0.15, -0.1) is 10.2 Å². The van der Waals surface area contributed by atoms with Crippen molar-refractivity contribution in [2.24, 2.45) is 0 Å². The minimum Gasteiger partial charge on any atom is -0.341 e. The number of rotatable bonds is 8. The summed E-state index contributed by atoms with van der Waals surface area (Å²) in [5.74, 6) is 1.28. The van der Waals surface area contributed by atoms with Crippen molar-refractivity contribution in [3.63, 3.8) is 0 Å². The average Bonchev–Trinajstić information content (AvgIpc) is 3.52. The van der Waals surface area contributed by atoms with Crippen LogP contribution in [0.25, 0.3) is 11.4 Å². The van der Waals surface area contributed by atoms with Crippen molar-refractivity contribution >= 4 is 17.5 Å². The average molecular weight is 458 g/mol. The molecule has 1 aliphatic carbocycles. The first-order valence-electron chi connectivity index (χ1n) is 11.3. The van der Waals surface area contributed by atoms with E-state index in [1.807, 2.05) is 37.4 Å². The number of Topliss-reactive ketones (excluding diaryl/α,β-unsaturated/α-hetero) is 1. The molecule has 1 unspecified atom stereocenters. The Balaban J connectivity index is 1.36. The van der Waals surface area contributed by atoms with E-state index in [9.17, 15) is 4.79 Å². The van der Waals surface area contributed by atoms with Gasteiger partial charge in [0.2, 0.25) is 0 Å². The number of hydrogen-bond acceptors (Lipinski definition) is 5. The Bertz CT molecular complexity index is 1280. The first-order chi connectivity index (χ1) is 16.0. The minimum atomic E-state index is 0.118. The van der Waals surface area contributed by atoms with Gasteiger partial charge in [-0.25, -0.2) is 0 Å². The van der Waals surface area contributed by atoms with E-state index < -0.39 is 0 Å². The summed E-state index contributed by atoms with van der Waals surface area (Å²) in [7, 11) is 0. The molecule has 0 saturated heterocycles. The second kappa shape index (κ2) is 8.98. The molecule has 1 fully saturated rings. The highest BCUT2D eigenvalue weighted by Crippen LogP contribution is 2.41. The van der Waals surface area contributed by atoms with E-state index in [0.717, 1.165) is 46.3 Å². The Morgan fingerprint density at radius 1 is 1.12 bits per heavy atom. The van der Waals surface area contributed by atoms with E-state index in [0.29, 0.717) is 11.8 Å². The highest BCUT2D eigenvalue weighted by Gasteiger charge is 2.30. The fourth-order valence-corrected chi connectivity index (χ4v) is 5.36. The van der Waals surface area contributed by atoms with Gasteiger partial charge < -0.3 is 4.57 Å². The van der Waals surface area contributed by atoms with Crippen LogP contribution in [0.1, 0.15) is 59.2 Å². The summed E-state index contributed by atoms with van der Waals surface area (Å²) in [6, 6.07) is 16.9. The topological polar surface area (TPSA) is 65.6 Å². The molecule has 1 aromatic carbocycles. The van der Waals surface area contributed by atoms with Crippen LogP contribution in [-0.2, 0) is 0 Å². The number of carbonyl (C=O) groups excluding carboxylic acids is 1. The van der Waals surface area contributed by atoms with E-state index in [1.165, 1.54) is 17.3 Å². The van der Waals surface area contributed by atoms with Crippen LogP contribution >= 0.6 is 11.8 Å². The van der Waals surface area contributed by atoms with Gasteiger partial charge in [0.25, 0.3) is 0 Å². The van der Waals surface area contributed by atoms with Crippen molar-refractivity contribution in [2.45, 2.75) is 50.9 Å². The molecule has 0 aliphatic heterocycles. The van der Waals surface area contributed by atoms with Crippen molar-refractivity contribution in [2.75, 3.05) is 5.75 Å². The smallest absolute Gasteiger partial charge is 0.192 e. The van der Waals surface area contributed by atoms with Crippen molar-refractivity contribution in [3.8, 4) is 11.4 Å². The molecular formula is C26H27N5OS. The summed E-state index contributed by atoms with van der Waals surface area (Å²) in [5.41, 5.74) is 5.07. The monoisotopic (exact) mass is 457 g/mol. The molecule has 1 saturated carbocycles. The molecule has 5 rings (SSSR count). The summed E-state index contributed by atoms with van der Waals surface area (Å²) in [5, 5.41) is 9.65. The molecule has 0 spiro atoms. The zero-order valence-corrected chi connectivity index (χ0v) is 19.9. The van der Waals surface area contributed by atoms with E-state index in [1.54, 1.807) is 6.20 Å². The van der Waals surface area contributed by atoms with Gasteiger partial charge >= 0.3 is 0 Å². The number of thioether (sulfide) groups is 1. The van der Waals surface area contributed by atoms with Crippen LogP contribution in [0.5, 0.6) is 0 Å². The molecule has 4 aromatic rings. The predicted octanol–water partition coefficient (Wildman–Crippen LogP) is 5.68. The third kappa shape index (κ3) is 4.25. The third-order valence-electron chi connectivity index (χ3n) is 6.28. The summed E-state index contributed by atoms with van der Waals surface area (Å²) >= 11 is 1.47. The number of hydrogen-bond donors (Lipinski definition) is 0. The highest BCUT2D eigenvalue weighted by molar-refractivity contribution is 7.99. The predicted molar refractivity (Wildman–Crippen MR) is 131 cm³/mol. The number of aromatic nitrogens is 5. The number of nitrogens with zero attached hydrogens (tertiary/aromatic N) is 5. The Morgan fingerprint density at radius 2 is 1.91 bits per heavy atom. The molecule has 6 nitrogen and oxygen atoms in total. The lowest BCUT2D eigenvalue weighted by Gasteiger charge is -2.19. The second-order valence-corrected chi connectivity index (χ2v) is 9.54. The Kier molecular flexibility index (Phi) is 5.89. The van der Waals surface area contributed by atoms with Crippen LogP contribution in [0, 0.1) is 13.8 Å². The van der Waals surface area contributed by atoms with Gasteiger partial charge in [-0.3, -0.25) is 14.3 Å². The lowest BCUT2D eigenvalue weighted by atomic mass is 10.1. The lowest BCUT2D eigenvalue weighted by molar-refractivity contribution is 0.102. The fraction of sp³-hybridized carbons (Fsp3) is 0.308. The molecule has 0 amide bonds. The van der Waals surface area contributed by atoms with Crippen LogP contribution in [0.4, 0.5) is 0 Å². The normalized spacial score (nSPS) is 14.4. The zero-order valence-electron chi connectivity index (χ0n) is 19.1. The van der Waals surface area contributed by atoms with Crippen molar-refractivity contribution < 1.29 is 4.79 Å². The molecule has 1 aliphatic rings. The molecular weight excluding hydrogens is 430 g/mol. The number of aryl methyl sites for hydroxylation is 1. The fourth-order valence-electron chi connectivity index (χ4n) is 4.47. The number of ketones is 1. The van der Waals surface area contributed by atoms with Crippen LogP contribution in [0.2, 0.25) is 0 Å². The summed E-state index contributed by atoms with van der Waals surface area (Å²) in [4.78, 5) is 17.5. The maximum atomic E-state index is 13.2.